The van der Waals surface area contributed by atoms with E-state index in [2.05, 4.69) is 4.90 Å². The first-order valence-electron chi connectivity index (χ1n) is 7.49. The molecule has 122 valence electrons. The summed E-state index contributed by atoms with van der Waals surface area (Å²) in [6.45, 7) is 1.39. The second-order valence-electron chi connectivity index (χ2n) is 5.73. The average Bonchev–Trinajstić information content (AvgIpc) is 2.56. The minimum atomic E-state index is -3.68. The van der Waals surface area contributed by atoms with Crippen molar-refractivity contribution in [1.29, 1.82) is 0 Å². The third-order valence-electron chi connectivity index (χ3n) is 4.23. The smallest absolute Gasteiger partial charge is 0.243 e. The first-order chi connectivity index (χ1) is 11.0. The van der Waals surface area contributed by atoms with Crippen LogP contribution in [0.5, 0.6) is 0 Å². The Labute approximate surface area is 136 Å². The van der Waals surface area contributed by atoms with Gasteiger partial charge < -0.3 is 0 Å². The maximum absolute atomic E-state index is 13.4. The average molecular weight is 334 g/mol. The Morgan fingerprint density at radius 3 is 2.48 bits per heavy atom. The molecule has 0 aliphatic carbocycles. The third-order valence-corrected chi connectivity index (χ3v) is 6.09. The van der Waals surface area contributed by atoms with Crippen molar-refractivity contribution in [2.45, 2.75) is 10.9 Å². The van der Waals surface area contributed by atoms with Gasteiger partial charge in [-0.15, -0.1) is 0 Å². The normalized spacial score (nSPS) is 20.5. The van der Waals surface area contributed by atoms with Crippen LogP contribution in [0.2, 0.25) is 0 Å². The molecule has 23 heavy (non-hydrogen) atoms. The van der Waals surface area contributed by atoms with Gasteiger partial charge >= 0.3 is 0 Å². The van der Waals surface area contributed by atoms with Crippen LogP contribution in [0.25, 0.3) is 0 Å². The lowest BCUT2D eigenvalue weighted by atomic mass is 10.0. The summed E-state index contributed by atoms with van der Waals surface area (Å²) in [5.74, 6) is -0.542. The molecule has 2 aromatic carbocycles. The fourth-order valence-electron chi connectivity index (χ4n) is 2.88. The summed E-state index contributed by atoms with van der Waals surface area (Å²) in [7, 11) is -1.69. The van der Waals surface area contributed by atoms with Gasteiger partial charge in [-0.3, -0.25) is 4.90 Å². The van der Waals surface area contributed by atoms with Crippen molar-refractivity contribution < 1.29 is 12.8 Å². The van der Waals surface area contributed by atoms with Crippen LogP contribution in [0.15, 0.2) is 59.5 Å². The Kier molecular flexibility index (Phi) is 4.48. The number of likely N-dealkylation sites (N-methyl/N-ethyl adjacent to an activating group) is 1. The van der Waals surface area contributed by atoms with Crippen LogP contribution in [-0.2, 0) is 10.0 Å². The molecule has 1 unspecified atom stereocenters. The van der Waals surface area contributed by atoms with Crippen molar-refractivity contribution in [2.24, 2.45) is 0 Å². The van der Waals surface area contributed by atoms with Crippen molar-refractivity contribution >= 4 is 10.0 Å². The number of piperazine rings is 1. The summed E-state index contributed by atoms with van der Waals surface area (Å²) in [6, 6.07) is 15.0. The summed E-state index contributed by atoms with van der Waals surface area (Å²) in [6.07, 6.45) is 0. The van der Waals surface area contributed by atoms with Gasteiger partial charge in [-0.25, -0.2) is 12.8 Å². The Hall–Kier alpha value is -1.76. The predicted octanol–water partition coefficient (Wildman–Crippen LogP) is 2.50. The molecule has 0 radical (unpaired) electrons. The van der Waals surface area contributed by atoms with Crippen LogP contribution in [0.4, 0.5) is 4.39 Å². The highest BCUT2D eigenvalue weighted by Crippen LogP contribution is 2.27. The van der Waals surface area contributed by atoms with E-state index in [0.717, 1.165) is 11.6 Å². The molecule has 1 heterocycles. The fraction of sp³-hybridized carbons (Fsp3) is 0.294. The number of sulfonamides is 1. The van der Waals surface area contributed by atoms with Crippen LogP contribution < -0.4 is 0 Å². The molecule has 0 N–H and O–H groups in total. The van der Waals surface area contributed by atoms with Crippen LogP contribution in [0.3, 0.4) is 0 Å². The highest BCUT2D eigenvalue weighted by atomic mass is 32.2. The molecule has 1 saturated heterocycles. The van der Waals surface area contributed by atoms with Gasteiger partial charge in [0.2, 0.25) is 10.0 Å². The van der Waals surface area contributed by atoms with Gasteiger partial charge in [-0.2, -0.15) is 4.31 Å². The number of hydrogen-bond acceptors (Lipinski definition) is 3. The Balaban J connectivity index is 1.89. The van der Waals surface area contributed by atoms with E-state index in [9.17, 15) is 12.8 Å². The highest BCUT2D eigenvalue weighted by molar-refractivity contribution is 7.89. The van der Waals surface area contributed by atoms with Crippen LogP contribution in [-0.4, -0.2) is 44.3 Å². The molecule has 0 amide bonds. The molecule has 6 heteroatoms. The topological polar surface area (TPSA) is 40.6 Å². The van der Waals surface area contributed by atoms with E-state index in [1.807, 2.05) is 37.4 Å². The SMILES string of the molecule is CN1CCN(S(=O)(=O)c2cccc(F)c2)CC1c1ccccc1. The number of benzene rings is 2. The van der Waals surface area contributed by atoms with E-state index >= 15 is 0 Å². The highest BCUT2D eigenvalue weighted by Gasteiger charge is 2.33. The zero-order valence-corrected chi connectivity index (χ0v) is 13.7. The van der Waals surface area contributed by atoms with Gasteiger partial charge in [-0.05, 0) is 30.8 Å². The summed E-state index contributed by atoms with van der Waals surface area (Å²) >= 11 is 0. The van der Waals surface area contributed by atoms with E-state index in [1.54, 1.807) is 0 Å². The first kappa shape index (κ1) is 16.1. The molecule has 0 spiro atoms. The summed E-state index contributed by atoms with van der Waals surface area (Å²) < 4.78 is 40.3. The monoisotopic (exact) mass is 334 g/mol. The van der Waals surface area contributed by atoms with E-state index in [1.165, 1.54) is 22.5 Å². The maximum atomic E-state index is 13.4. The molecule has 0 bridgehead atoms. The van der Waals surface area contributed by atoms with Crippen molar-refractivity contribution in [3.05, 3.63) is 66.0 Å². The second-order valence-corrected chi connectivity index (χ2v) is 7.67. The molecule has 1 atom stereocenters. The van der Waals surface area contributed by atoms with E-state index < -0.39 is 15.8 Å². The second kappa shape index (κ2) is 6.39. The molecule has 0 saturated carbocycles. The summed E-state index contributed by atoms with van der Waals surface area (Å²) in [5, 5.41) is 0. The van der Waals surface area contributed by atoms with Crippen LogP contribution in [0.1, 0.15) is 11.6 Å². The van der Waals surface area contributed by atoms with Gasteiger partial charge in [0.25, 0.3) is 0 Å². The molecule has 2 aromatic rings. The van der Waals surface area contributed by atoms with E-state index in [-0.39, 0.29) is 10.9 Å². The quantitative estimate of drug-likeness (QED) is 0.866. The van der Waals surface area contributed by atoms with Crippen molar-refractivity contribution in [3.63, 3.8) is 0 Å². The first-order valence-corrected chi connectivity index (χ1v) is 8.93. The molecular formula is C17H19FN2O2S. The lowest BCUT2D eigenvalue weighted by Crippen LogP contribution is -2.48. The number of nitrogens with zero attached hydrogens (tertiary/aromatic N) is 2. The lowest BCUT2D eigenvalue weighted by molar-refractivity contribution is 0.148. The number of halogens is 1. The number of hydrogen-bond donors (Lipinski definition) is 0. The zero-order valence-electron chi connectivity index (χ0n) is 12.9. The van der Waals surface area contributed by atoms with Gasteiger partial charge in [0, 0.05) is 25.7 Å². The minimum absolute atomic E-state index is 0.00622. The summed E-state index contributed by atoms with van der Waals surface area (Å²) in [5.41, 5.74) is 1.08. The Morgan fingerprint density at radius 2 is 1.78 bits per heavy atom. The van der Waals surface area contributed by atoms with Crippen molar-refractivity contribution in [1.82, 2.24) is 9.21 Å². The van der Waals surface area contributed by atoms with Crippen LogP contribution >= 0.6 is 0 Å². The van der Waals surface area contributed by atoms with Crippen molar-refractivity contribution in [2.75, 3.05) is 26.7 Å². The predicted molar refractivity (Wildman–Crippen MR) is 87.0 cm³/mol. The third kappa shape index (κ3) is 3.29. The Morgan fingerprint density at radius 1 is 1.04 bits per heavy atom. The molecule has 1 aliphatic rings. The zero-order chi connectivity index (χ0) is 16.4. The van der Waals surface area contributed by atoms with Gasteiger partial charge in [0.05, 0.1) is 4.90 Å². The van der Waals surface area contributed by atoms with Gasteiger partial charge in [0.1, 0.15) is 5.82 Å². The largest absolute Gasteiger partial charge is 0.297 e. The fourth-order valence-corrected chi connectivity index (χ4v) is 4.35. The standard InChI is InChI=1S/C17H19FN2O2S/c1-19-10-11-20(13-17(19)14-6-3-2-4-7-14)23(21,22)16-9-5-8-15(18)12-16/h2-9,12,17H,10-11,13H2,1H3. The maximum Gasteiger partial charge on any atom is 0.243 e. The van der Waals surface area contributed by atoms with Gasteiger partial charge in [-0.1, -0.05) is 36.4 Å². The molecule has 1 fully saturated rings. The molecule has 1 aliphatic heterocycles. The minimum Gasteiger partial charge on any atom is -0.297 e. The summed E-state index contributed by atoms with van der Waals surface area (Å²) in [4.78, 5) is 2.15. The molecule has 0 aromatic heterocycles. The van der Waals surface area contributed by atoms with E-state index in [0.29, 0.717) is 19.6 Å². The van der Waals surface area contributed by atoms with Crippen LogP contribution in [0, 0.1) is 5.82 Å². The molecule has 3 rings (SSSR count). The number of rotatable bonds is 3. The Bertz CT molecular complexity index is 780. The van der Waals surface area contributed by atoms with E-state index in [4.69, 9.17) is 0 Å². The molecule has 4 nitrogen and oxygen atoms in total. The van der Waals surface area contributed by atoms with Gasteiger partial charge in [0.15, 0.2) is 0 Å². The lowest BCUT2D eigenvalue weighted by Gasteiger charge is -2.39. The molecular weight excluding hydrogens is 315 g/mol. The van der Waals surface area contributed by atoms with Crippen molar-refractivity contribution in [3.8, 4) is 0 Å².